The maximum Gasteiger partial charge on any atom is 0.328 e. The third-order valence-corrected chi connectivity index (χ3v) is 2.24. The molecule has 0 aromatic heterocycles. The van der Waals surface area contributed by atoms with Crippen LogP contribution < -0.4 is 0 Å². The van der Waals surface area contributed by atoms with E-state index in [1.807, 2.05) is 31.2 Å². The van der Waals surface area contributed by atoms with Crippen molar-refractivity contribution in [3.05, 3.63) is 41.5 Å². The molecule has 0 fully saturated rings. The maximum atomic E-state index is 10.3. The summed E-state index contributed by atoms with van der Waals surface area (Å²) in [6, 6.07) is 7.56. The number of carboxylic acids is 1. The van der Waals surface area contributed by atoms with Crippen LogP contribution in [0.2, 0.25) is 0 Å². The smallest absolute Gasteiger partial charge is 0.328 e. The molecule has 0 heterocycles. The minimum Gasteiger partial charge on any atom is -0.478 e. The van der Waals surface area contributed by atoms with Gasteiger partial charge >= 0.3 is 5.97 Å². The summed E-state index contributed by atoms with van der Waals surface area (Å²) >= 11 is 0. The number of aliphatic carboxylic acids is 1. The van der Waals surface area contributed by atoms with E-state index in [1.54, 1.807) is 6.08 Å². The van der Waals surface area contributed by atoms with E-state index in [-0.39, 0.29) is 0 Å². The molecule has 4 nitrogen and oxygen atoms in total. The summed E-state index contributed by atoms with van der Waals surface area (Å²) in [6.45, 7) is 4.37. The minimum atomic E-state index is -0.946. The average Bonchev–Trinajstić information content (AvgIpc) is 2.37. The van der Waals surface area contributed by atoms with Gasteiger partial charge in [-0.15, -0.1) is 0 Å². The summed E-state index contributed by atoms with van der Waals surface area (Å²) in [6.07, 6.45) is 2.68. The molecule has 1 rings (SSSR count). The standard InChI is InChI=1S/C14H18O4/c1-2-17-9-10-18-11-13-5-3-12(4-6-13)7-8-14(15)16/h3-8H,2,9-11H2,1H3,(H,15,16). The van der Waals surface area contributed by atoms with E-state index in [9.17, 15) is 4.79 Å². The van der Waals surface area contributed by atoms with Crippen LogP contribution in [0.15, 0.2) is 30.3 Å². The number of hydrogen-bond donors (Lipinski definition) is 1. The fourth-order valence-corrected chi connectivity index (χ4v) is 1.34. The second-order valence-electron chi connectivity index (χ2n) is 3.66. The monoisotopic (exact) mass is 250 g/mol. The highest BCUT2D eigenvalue weighted by Crippen LogP contribution is 2.07. The van der Waals surface area contributed by atoms with Gasteiger partial charge in [-0.1, -0.05) is 24.3 Å². The van der Waals surface area contributed by atoms with Gasteiger partial charge in [0.05, 0.1) is 19.8 Å². The summed E-state index contributed by atoms with van der Waals surface area (Å²) in [5.74, 6) is -0.946. The zero-order chi connectivity index (χ0) is 13.2. The van der Waals surface area contributed by atoms with E-state index in [4.69, 9.17) is 14.6 Å². The molecule has 0 aliphatic carbocycles. The van der Waals surface area contributed by atoms with Crippen LogP contribution in [-0.4, -0.2) is 30.9 Å². The molecule has 0 saturated heterocycles. The minimum absolute atomic E-state index is 0.538. The van der Waals surface area contributed by atoms with E-state index in [0.29, 0.717) is 26.4 Å². The van der Waals surface area contributed by atoms with Crippen LogP contribution >= 0.6 is 0 Å². The van der Waals surface area contributed by atoms with Crippen molar-refractivity contribution in [1.29, 1.82) is 0 Å². The van der Waals surface area contributed by atoms with Gasteiger partial charge in [-0.3, -0.25) is 0 Å². The van der Waals surface area contributed by atoms with Gasteiger partial charge in [-0.2, -0.15) is 0 Å². The zero-order valence-electron chi connectivity index (χ0n) is 10.5. The van der Waals surface area contributed by atoms with Crippen molar-refractivity contribution in [1.82, 2.24) is 0 Å². The van der Waals surface area contributed by atoms with Gasteiger partial charge in [0, 0.05) is 12.7 Å². The number of benzene rings is 1. The lowest BCUT2D eigenvalue weighted by Gasteiger charge is -2.04. The van der Waals surface area contributed by atoms with E-state index >= 15 is 0 Å². The highest BCUT2D eigenvalue weighted by atomic mass is 16.5. The highest BCUT2D eigenvalue weighted by Gasteiger charge is 1.94. The topological polar surface area (TPSA) is 55.8 Å². The molecule has 0 aliphatic rings. The Bertz CT molecular complexity index is 381. The highest BCUT2D eigenvalue weighted by molar-refractivity contribution is 5.85. The van der Waals surface area contributed by atoms with Gasteiger partial charge < -0.3 is 14.6 Å². The molecule has 4 heteroatoms. The predicted molar refractivity (Wildman–Crippen MR) is 69.3 cm³/mol. The second-order valence-corrected chi connectivity index (χ2v) is 3.66. The van der Waals surface area contributed by atoms with Crippen molar-refractivity contribution in [2.24, 2.45) is 0 Å². The Balaban J connectivity index is 2.34. The first-order valence-corrected chi connectivity index (χ1v) is 5.88. The quantitative estimate of drug-likeness (QED) is 0.568. The van der Waals surface area contributed by atoms with E-state index < -0.39 is 5.97 Å². The number of hydrogen-bond acceptors (Lipinski definition) is 3. The van der Waals surface area contributed by atoms with Gasteiger partial charge in [0.2, 0.25) is 0 Å². The van der Waals surface area contributed by atoms with Gasteiger partial charge in [-0.25, -0.2) is 4.79 Å². The Morgan fingerprint density at radius 1 is 1.22 bits per heavy atom. The number of ether oxygens (including phenoxy) is 2. The van der Waals surface area contributed by atoms with Crippen LogP contribution in [0.1, 0.15) is 18.1 Å². The normalized spacial score (nSPS) is 10.9. The largest absolute Gasteiger partial charge is 0.478 e. The molecule has 18 heavy (non-hydrogen) atoms. The Labute approximate surface area is 107 Å². The van der Waals surface area contributed by atoms with Gasteiger partial charge in [0.25, 0.3) is 0 Å². The molecule has 0 atom stereocenters. The van der Waals surface area contributed by atoms with Crippen molar-refractivity contribution in [2.75, 3.05) is 19.8 Å². The lowest BCUT2D eigenvalue weighted by molar-refractivity contribution is -0.131. The SMILES string of the molecule is CCOCCOCc1ccc(C=CC(=O)O)cc1. The lowest BCUT2D eigenvalue weighted by Crippen LogP contribution is -2.03. The third-order valence-electron chi connectivity index (χ3n) is 2.24. The molecule has 1 aromatic carbocycles. The summed E-state index contributed by atoms with van der Waals surface area (Å²) in [5, 5.41) is 8.50. The summed E-state index contributed by atoms with van der Waals surface area (Å²) < 4.78 is 10.6. The zero-order valence-corrected chi connectivity index (χ0v) is 10.5. The van der Waals surface area contributed by atoms with Crippen LogP contribution in [0.25, 0.3) is 6.08 Å². The van der Waals surface area contributed by atoms with Gasteiger partial charge in [0.15, 0.2) is 0 Å². The number of carbonyl (C=O) groups is 1. The van der Waals surface area contributed by atoms with Crippen molar-refractivity contribution in [3.63, 3.8) is 0 Å². The maximum absolute atomic E-state index is 10.3. The number of rotatable bonds is 8. The average molecular weight is 250 g/mol. The van der Waals surface area contributed by atoms with Crippen LogP contribution in [0, 0.1) is 0 Å². The van der Waals surface area contributed by atoms with Gasteiger partial charge in [0.1, 0.15) is 0 Å². The molecule has 0 saturated carbocycles. The van der Waals surface area contributed by atoms with Crippen LogP contribution in [0.3, 0.4) is 0 Å². The Morgan fingerprint density at radius 3 is 2.50 bits per heavy atom. The van der Waals surface area contributed by atoms with E-state index in [2.05, 4.69) is 0 Å². The molecule has 98 valence electrons. The molecular formula is C14H18O4. The van der Waals surface area contributed by atoms with Crippen LogP contribution in [-0.2, 0) is 20.9 Å². The van der Waals surface area contributed by atoms with Crippen molar-refractivity contribution in [2.45, 2.75) is 13.5 Å². The molecule has 0 amide bonds. The molecule has 0 spiro atoms. The molecule has 0 unspecified atom stereocenters. The fourth-order valence-electron chi connectivity index (χ4n) is 1.34. The lowest BCUT2D eigenvalue weighted by atomic mass is 10.1. The first-order chi connectivity index (χ1) is 8.72. The molecule has 0 bridgehead atoms. The second kappa shape index (κ2) is 8.44. The Kier molecular flexibility index (Phi) is 6.76. The van der Waals surface area contributed by atoms with E-state index in [0.717, 1.165) is 17.2 Å². The van der Waals surface area contributed by atoms with Crippen LogP contribution in [0.4, 0.5) is 0 Å². The van der Waals surface area contributed by atoms with E-state index in [1.165, 1.54) is 0 Å². The Morgan fingerprint density at radius 2 is 1.89 bits per heavy atom. The molecule has 0 aliphatic heterocycles. The van der Waals surface area contributed by atoms with Crippen LogP contribution in [0.5, 0.6) is 0 Å². The molecular weight excluding hydrogens is 232 g/mol. The molecule has 0 radical (unpaired) electrons. The first-order valence-electron chi connectivity index (χ1n) is 5.88. The molecule has 1 aromatic rings. The third kappa shape index (κ3) is 6.18. The predicted octanol–water partition coefficient (Wildman–Crippen LogP) is 2.34. The summed E-state index contributed by atoms with van der Waals surface area (Å²) in [5.41, 5.74) is 1.91. The summed E-state index contributed by atoms with van der Waals surface area (Å²) in [4.78, 5) is 10.3. The van der Waals surface area contributed by atoms with Crippen molar-refractivity contribution >= 4 is 12.0 Å². The first kappa shape index (κ1) is 14.4. The Hall–Kier alpha value is -1.65. The summed E-state index contributed by atoms with van der Waals surface area (Å²) in [7, 11) is 0. The molecule has 1 N–H and O–H groups in total. The number of carboxylic acid groups (broad SMARTS) is 1. The van der Waals surface area contributed by atoms with Gasteiger partial charge in [-0.05, 0) is 24.1 Å². The van der Waals surface area contributed by atoms with Crippen molar-refractivity contribution in [3.8, 4) is 0 Å². The fraction of sp³-hybridized carbons (Fsp3) is 0.357. The van der Waals surface area contributed by atoms with Crippen molar-refractivity contribution < 1.29 is 19.4 Å².